The molecule has 0 saturated heterocycles. The molecule has 0 saturated carbocycles. The first kappa shape index (κ1) is 15.0. The Hall–Kier alpha value is -2.95. The molecule has 0 radical (unpaired) electrons. The van der Waals surface area contributed by atoms with Gasteiger partial charge in [-0.2, -0.15) is 0 Å². The monoisotopic (exact) mass is 307 g/mol. The second-order valence-electron chi connectivity index (χ2n) is 5.42. The van der Waals surface area contributed by atoms with Gasteiger partial charge in [0, 0.05) is 7.05 Å². The molecule has 0 fully saturated rings. The minimum absolute atomic E-state index is 0.0889. The van der Waals surface area contributed by atoms with Crippen molar-refractivity contribution in [2.24, 2.45) is 7.05 Å². The molecule has 0 bridgehead atoms. The van der Waals surface area contributed by atoms with Crippen LogP contribution in [0.5, 0.6) is 0 Å². The molecule has 0 aliphatic carbocycles. The third-order valence-electron chi connectivity index (χ3n) is 3.84. The summed E-state index contributed by atoms with van der Waals surface area (Å²) in [6.07, 6.45) is 0. The Morgan fingerprint density at radius 3 is 2.48 bits per heavy atom. The predicted molar refractivity (Wildman–Crippen MR) is 89.3 cm³/mol. The average Bonchev–Trinajstić information content (AvgIpc) is 2.58. The first-order valence-electron chi connectivity index (χ1n) is 7.39. The maximum Gasteiger partial charge on any atom is 0.282 e. The fourth-order valence-electron chi connectivity index (χ4n) is 2.52. The van der Waals surface area contributed by atoms with E-state index in [0.29, 0.717) is 11.0 Å². The zero-order valence-electron chi connectivity index (χ0n) is 13.0. The van der Waals surface area contributed by atoms with Gasteiger partial charge in [-0.05, 0) is 24.6 Å². The van der Waals surface area contributed by atoms with Crippen molar-refractivity contribution < 1.29 is 4.79 Å². The predicted octanol–water partition coefficient (Wildman–Crippen LogP) is 2.42. The Balaban J connectivity index is 1.95. The number of hydrogen-bond donors (Lipinski definition) is 1. The lowest BCUT2D eigenvalue weighted by Gasteiger charge is -2.14. The van der Waals surface area contributed by atoms with E-state index in [1.807, 2.05) is 49.4 Å². The Bertz CT molecular complexity index is 916. The number of benzene rings is 2. The molecule has 1 N–H and O–H groups in total. The Morgan fingerprint density at radius 1 is 1.09 bits per heavy atom. The molecular formula is C18H17N3O2. The highest BCUT2D eigenvalue weighted by molar-refractivity contribution is 5.94. The van der Waals surface area contributed by atoms with Crippen molar-refractivity contribution in [3.63, 3.8) is 0 Å². The maximum absolute atomic E-state index is 12.5. The molecule has 3 aromatic rings. The summed E-state index contributed by atoms with van der Waals surface area (Å²) in [6.45, 7) is 1.87. The third kappa shape index (κ3) is 2.85. The van der Waals surface area contributed by atoms with E-state index in [9.17, 15) is 9.59 Å². The van der Waals surface area contributed by atoms with Gasteiger partial charge in [0.05, 0.1) is 17.1 Å². The van der Waals surface area contributed by atoms with Gasteiger partial charge in [-0.15, -0.1) is 0 Å². The van der Waals surface area contributed by atoms with Gasteiger partial charge in [-0.1, -0.05) is 42.5 Å². The highest BCUT2D eigenvalue weighted by Crippen LogP contribution is 2.12. The molecule has 5 nitrogen and oxygen atoms in total. The molecular weight excluding hydrogens is 290 g/mol. The van der Waals surface area contributed by atoms with Crippen LogP contribution in [0, 0.1) is 0 Å². The average molecular weight is 307 g/mol. The van der Waals surface area contributed by atoms with Gasteiger partial charge in [0.15, 0.2) is 5.69 Å². The van der Waals surface area contributed by atoms with Gasteiger partial charge >= 0.3 is 0 Å². The lowest BCUT2D eigenvalue weighted by atomic mass is 10.1. The van der Waals surface area contributed by atoms with Crippen LogP contribution in [0.3, 0.4) is 0 Å². The van der Waals surface area contributed by atoms with E-state index in [1.165, 1.54) is 4.57 Å². The fourth-order valence-corrected chi connectivity index (χ4v) is 2.52. The molecule has 0 spiro atoms. The molecule has 1 amide bonds. The van der Waals surface area contributed by atoms with Crippen LogP contribution in [0.15, 0.2) is 59.4 Å². The molecule has 116 valence electrons. The first-order valence-corrected chi connectivity index (χ1v) is 7.39. The zero-order valence-corrected chi connectivity index (χ0v) is 13.0. The van der Waals surface area contributed by atoms with Gasteiger partial charge in [0.25, 0.3) is 11.5 Å². The second-order valence-corrected chi connectivity index (χ2v) is 5.42. The largest absolute Gasteiger partial charge is 0.344 e. The summed E-state index contributed by atoms with van der Waals surface area (Å²) in [5.41, 5.74) is 1.80. The van der Waals surface area contributed by atoms with E-state index < -0.39 is 11.5 Å². The van der Waals surface area contributed by atoms with E-state index in [0.717, 1.165) is 5.56 Å². The van der Waals surface area contributed by atoms with Gasteiger partial charge in [0.2, 0.25) is 0 Å². The number of carbonyl (C=O) groups is 1. The van der Waals surface area contributed by atoms with Gasteiger partial charge in [0.1, 0.15) is 0 Å². The number of fused-ring (bicyclic) bond motifs is 1. The highest BCUT2D eigenvalue weighted by atomic mass is 16.2. The summed E-state index contributed by atoms with van der Waals surface area (Å²) in [5, 5.41) is 2.83. The molecule has 2 aromatic carbocycles. The van der Waals surface area contributed by atoms with Crippen molar-refractivity contribution in [1.82, 2.24) is 14.9 Å². The number of amides is 1. The van der Waals surface area contributed by atoms with Crippen molar-refractivity contribution in [1.29, 1.82) is 0 Å². The van der Waals surface area contributed by atoms with Crippen molar-refractivity contribution in [3.8, 4) is 0 Å². The Morgan fingerprint density at radius 2 is 1.74 bits per heavy atom. The fraction of sp³-hybridized carbons (Fsp3) is 0.167. The Labute approximate surface area is 133 Å². The molecule has 3 rings (SSSR count). The van der Waals surface area contributed by atoms with Crippen LogP contribution < -0.4 is 10.9 Å². The molecule has 1 heterocycles. The van der Waals surface area contributed by atoms with Crippen molar-refractivity contribution in [3.05, 3.63) is 76.2 Å². The lowest BCUT2D eigenvalue weighted by molar-refractivity contribution is 0.0933. The van der Waals surface area contributed by atoms with Crippen LogP contribution in [-0.2, 0) is 7.05 Å². The molecule has 5 heteroatoms. The third-order valence-corrected chi connectivity index (χ3v) is 3.84. The van der Waals surface area contributed by atoms with Crippen LogP contribution in [0.25, 0.3) is 11.0 Å². The number of nitrogens with zero attached hydrogens (tertiary/aromatic N) is 2. The first-order chi connectivity index (χ1) is 11.1. The number of para-hydroxylation sites is 2. The molecule has 23 heavy (non-hydrogen) atoms. The number of nitrogens with one attached hydrogen (secondary N) is 1. The lowest BCUT2D eigenvalue weighted by Crippen LogP contribution is -2.35. The number of rotatable bonds is 3. The molecule has 1 unspecified atom stereocenters. The van der Waals surface area contributed by atoms with Crippen molar-refractivity contribution in [2.45, 2.75) is 13.0 Å². The van der Waals surface area contributed by atoms with E-state index >= 15 is 0 Å². The van der Waals surface area contributed by atoms with E-state index in [1.54, 1.807) is 19.2 Å². The summed E-state index contributed by atoms with van der Waals surface area (Å²) < 4.78 is 1.45. The molecule has 0 aliphatic rings. The maximum atomic E-state index is 12.5. The molecule has 1 aromatic heterocycles. The molecule has 1 atom stereocenters. The van der Waals surface area contributed by atoms with Crippen LogP contribution in [0.2, 0.25) is 0 Å². The number of hydrogen-bond acceptors (Lipinski definition) is 3. The van der Waals surface area contributed by atoms with Crippen molar-refractivity contribution in [2.75, 3.05) is 0 Å². The van der Waals surface area contributed by atoms with Gasteiger partial charge < -0.3 is 9.88 Å². The highest BCUT2D eigenvalue weighted by Gasteiger charge is 2.18. The SMILES string of the molecule is CC(NC(=O)c1nc2ccccc2n(C)c1=O)c1ccccc1. The topological polar surface area (TPSA) is 64.0 Å². The van der Waals surface area contributed by atoms with Gasteiger partial charge in [-0.25, -0.2) is 4.98 Å². The van der Waals surface area contributed by atoms with E-state index in [4.69, 9.17) is 0 Å². The summed E-state index contributed by atoms with van der Waals surface area (Å²) in [6, 6.07) is 16.6. The normalized spacial score (nSPS) is 12.1. The number of carbonyl (C=O) groups excluding carboxylic acids is 1. The second kappa shape index (κ2) is 6.04. The van der Waals surface area contributed by atoms with Crippen LogP contribution >= 0.6 is 0 Å². The quantitative estimate of drug-likeness (QED) is 0.808. The Kier molecular flexibility index (Phi) is 3.93. The minimum Gasteiger partial charge on any atom is -0.344 e. The standard InChI is InChI=1S/C18H17N3O2/c1-12(13-8-4-3-5-9-13)19-17(22)16-18(23)21(2)15-11-7-6-10-14(15)20-16/h3-12H,1-2H3,(H,19,22). The minimum atomic E-state index is -0.465. The zero-order chi connectivity index (χ0) is 16.4. The summed E-state index contributed by atoms with van der Waals surface area (Å²) in [4.78, 5) is 29.1. The van der Waals surface area contributed by atoms with Crippen LogP contribution in [-0.4, -0.2) is 15.5 Å². The van der Waals surface area contributed by atoms with E-state index in [-0.39, 0.29) is 11.7 Å². The summed E-state index contributed by atoms with van der Waals surface area (Å²) in [7, 11) is 1.64. The van der Waals surface area contributed by atoms with Crippen molar-refractivity contribution >= 4 is 16.9 Å². The summed E-state index contributed by atoms with van der Waals surface area (Å²) in [5.74, 6) is -0.465. The van der Waals surface area contributed by atoms with E-state index in [2.05, 4.69) is 10.3 Å². The van der Waals surface area contributed by atoms with Crippen LogP contribution in [0.1, 0.15) is 29.0 Å². The molecule has 0 aliphatic heterocycles. The number of aryl methyl sites for hydroxylation is 1. The van der Waals surface area contributed by atoms with Crippen LogP contribution in [0.4, 0.5) is 0 Å². The summed E-state index contributed by atoms with van der Waals surface area (Å²) >= 11 is 0. The number of aromatic nitrogens is 2. The smallest absolute Gasteiger partial charge is 0.282 e. The van der Waals surface area contributed by atoms with Gasteiger partial charge in [-0.3, -0.25) is 9.59 Å².